The number of nitrogens with zero attached hydrogens (tertiary/aromatic N) is 4. The van der Waals surface area contributed by atoms with E-state index in [0.29, 0.717) is 29.8 Å². The highest BCUT2D eigenvalue weighted by atomic mass is 16.5. The normalized spacial score (nSPS) is 17.6. The number of carbonyl (C=O) groups is 1. The monoisotopic (exact) mass is 378 g/mol. The van der Waals surface area contributed by atoms with E-state index in [1.165, 1.54) is 0 Å². The number of ether oxygens (including phenoxy) is 1. The third kappa shape index (κ3) is 3.09. The van der Waals surface area contributed by atoms with Crippen LogP contribution in [0, 0.1) is 5.92 Å². The van der Waals surface area contributed by atoms with Gasteiger partial charge < -0.3 is 15.0 Å². The molecule has 2 N–H and O–H groups in total. The zero-order chi connectivity index (χ0) is 18.9. The largest absolute Gasteiger partial charge is 0.381 e. The molecule has 2 aliphatic heterocycles. The standard InChI is InChI=1S/C20H22N6O2/c27-17-11-22-19-20(26(17)7-4-13-5-8-28-9-6-13)25-16(10-21-19)14-2-1-3-15-18(14)24-12-23-15/h1-3,10,12-13H,4-9,11H2,(H,21,22)(H,23,24). The van der Waals surface area contributed by atoms with Crippen molar-refractivity contribution in [2.45, 2.75) is 19.3 Å². The van der Waals surface area contributed by atoms with Gasteiger partial charge in [-0.05, 0) is 31.2 Å². The fourth-order valence-corrected chi connectivity index (χ4v) is 3.94. The fourth-order valence-electron chi connectivity index (χ4n) is 3.94. The van der Waals surface area contributed by atoms with Gasteiger partial charge in [0.1, 0.15) is 0 Å². The number of hydrogen-bond donors (Lipinski definition) is 2. The minimum Gasteiger partial charge on any atom is -0.381 e. The molecule has 1 fully saturated rings. The summed E-state index contributed by atoms with van der Waals surface area (Å²) in [5, 5.41) is 3.08. The smallest absolute Gasteiger partial charge is 0.247 e. The van der Waals surface area contributed by atoms with Gasteiger partial charge in [0.25, 0.3) is 0 Å². The summed E-state index contributed by atoms with van der Waals surface area (Å²) in [5.41, 5.74) is 3.41. The molecule has 0 saturated carbocycles. The number of anilines is 2. The van der Waals surface area contributed by atoms with Gasteiger partial charge in [0.15, 0.2) is 11.6 Å². The lowest BCUT2D eigenvalue weighted by Crippen LogP contribution is -2.42. The summed E-state index contributed by atoms with van der Waals surface area (Å²) in [6, 6.07) is 5.91. The average Bonchev–Trinajstić information content (AvgIpc) is 3.22. The highest BCUT2D eigenvalue weighted by molar-refractivity contribution is 6.01. The SMILES string of the molecule is O=C1CNc2ncc(-c3cccc4[nH]cnc34)nc2N1CCC1CCOCC1. The molecule has 8 heteroatoms. The maximum atomic E-state index is 12.6. The van der Waals surface area contributed by atoms with E-state index >= 15 is 0 Å². The van der Waals surface area contributed by atoms with E-state index in [1.807, 2.05) is 18.2 Å². The Kier molecular flexibility index (Phi) is 4.40. The lowest BCUT2D eigenvalue weighted by Gasteiger charge is -2.30. The van der Waals surface area contributed by atoms with E-state index in [2.05, 4.69) is 20.3 Å². The number of rotatable bonds is 4. The van der Waals surface area contributed by atoms with Crippen molar-refractivity contribution in [3.8, 4) is 11.3 Å². The number of H-pyrrole nitrogens is 1. The Labute approximate surface area is 162 Å². The van der Waals surface area contributed by atoms with Crippen molar-refractivity contribution in [2.75, 3.05) is 36.5 Å². The Morgan fingerprint density at radius 1 is 1.21 bits per heavy atom. The number of amides is 1. The van der Waals surface area contributed by atoms with Crippen LogP contribution in [-0.4, -0.2) is 52.1 Å². The van der Waals surface area contributed by atoms with E-state index in [1.54, 1.807) is 17.4 Å². The Morgan fingerprint density at radius 3 is 3.00 bits per heavy atom. The van der Waals surface area contributed by atoms with Gasteiger partial charge in [-0.2, -0.15) is 0 Å². The molecule has 0 spiro atoms. The second-order valence-corrected chi connectivity index (χ2v) is 7.28. The van der Waals surface area contributed by atoms with Crippen molar-refractivity contribution in [3.05, 3.63) is 30.7 Å². The van der Waals surface area contributed by atoms with E-state index < -0.39 is 0 Å². The molecule has 0 atom stereocenters. The Bertz CT molecular complexity index is 1010. The first kappa shape index (κ1) is 17.1. The zero-order valence-electron chi connectivity index (χ0n) is 15.5. The summed E-state index contributed by atoms with van der Waals surface area (Å²) in [5.74, 6) is 1.88. The highest BCUT2D eigenvalue weighted by Crippen LogP contribution is 2.31. The van der Waals surface area contributed by atoms with Gasteiger partial charge in [0.2, 0.25) is 5.91 Å². The van der Waals surface area contributed by atoms with Crippen LogP contribution in [0.25, 0.3) is 22.3 Å². The molecule has 1 aromatic carbocycles. The molecule has 0 radical (unpaired) electrons. The molecule has 5 rings (SSSR count). The van der Waals surface area contributed by atoms with Gasteiger partial charge in [-0.3, -0.25) is 9.69 Å². The van der Waals surface area contributed by atoms with Crippen LogP contribution in [0.2, 0.25) is 0 Å². The summed E-state index contributed by atoms with van der Waals surface area (Å²) in [7, 11) is 0. The van der Waals surface area contributed by atoms with Crippen LogP contribution in [0.15, 0.2) is 30.7 Å². The third-order valence-corrected chi connectivity index (χ3v) is 5.55. The molecule has 0 bridgehead atoms. The maximum absolute atomic E-state index is 12.6. The van der Waals surface area contributed by atoms with E-state index in [0.717, 1.165) is 49.1 Å². The summed E-state index contributed by atoms with van der Waals surface area (Å²) in [6.07, 6.45) is 6.47. The van der Waals surface area contributed by atoms with Crippen molar-refractivity contribution in [1.29, 1.82) is 0 Å². The van der Waals surface area contributed by atoms with Gasteiger partial charge in [-0.25, -0.2) is 15.0 Å². The number of carbonyl (C=O) groups excluding carboxylic acids is 1. The molecular formula is C20H22N6O2. The minimum atomic E-state index is 0.0315. The molecule has 8 nitrogen and oxygen atoms in total. The van der Waals surface area contributed by atoms with Gasteiger partial charge >= 0.3 is 0 Å². The number of para-hydroxylation sites is 1. The Hall–Kier alpha value is -3.00. The van der Waals surface area contributed by atoms with Crippen LogP contribution in [-0.2, 0) is 9.53 Å². The lowest BCUT2D eigenvalue weighted by molar-refractivity contribution is -0.117. The highest BCUT2D eigenvalue weighted by Gasteiger charge is 2.28. The van der Waals surface area contributed by atoms with E-state index in [-0.39, 0.29) is 12.5 Å². The van der Waals surface area contributed by atoms with E-state index in [4.69, 9.17) is 9.72 Å². The van der Waals surface area contributed by atoms with Crippen LogP contribution >= 0.6 is 0 Å². The minimum absolute atomic E-state index is 0.0315. The first-order valence-electron chi connectivity index (χ1n) is 9.71. The topological polar surface area (TPSA) is 96.0 Å². The number of hydrogen-bond acceptors (Lipinski definition) is 6. The molecule has 4 heterocycles. The molecular weight excluding hydrogens is 356 g/mol. The number of benzene rings is 1. The fraction of sp³-hybridized carbons (Fsp3) is 0.400. The molecule has 3 aromatic rings. The summed E-state index contributed by atoms with van der Waals surface area (Å²) < 4.78 is 5.44. The van der Waals surface area contributed by atoms with Crippen LogP contribution < -0.4 is 10.2 Å². The molecule has 0 aliphatic carbocycles. The lowest BCUT2D eigenvalue weighted by atomic mass is 9.96. The van der Waals surface area contributed by atoms with Crippen LogP contribution in [0.3, 0.4) is 0 Å². The van der Waals surface area contributed by atoms with Gasteiger partial charge in [-0.1, -0.05) is 12.1 Å². The van der Waals surface area contributed by atoms with Gasteiger partial charge in [0, 0.05) is 25.3 Å². The van der Waals surface area contributed by atoms with Crippen molar-refractivity contribution in [1.82, 2.24) is 19.9 Å². The second-order valence-electron chi connectivity index (χ2n) is 7.28. The number of nitrogens with one attached hydrogen (secondary N) is 2. The summed E-state index contributed by atoms with van der Waals surface area (Å²) in [6.45, 7) is 2.54. The number of aromatic amines is 1. The van der Waals surface area contributed by atoms with Crippen LogP contribution in [0.1, 0.15) is 19.3 Å². The molecule has 2 aromatic heterocycles. The van der Waals surface area contributed by atoms with Gasteiger partial charge in [-0.15, -0.1) is 0 Å². The Balaban J connectivity index is 1.47. The molecule has 1 amide bonds. The molecule has 0 unspecified atom stereocenters. The van der Waals surface area contributed by atoms with Crippen molar-refractivity contribution in [2.24, 2.45) is 5.92 Å². The molecule has 2 aliphatic rings. The van der Waals surface area contributed by atoms with Crippen LogP contribution in [0.5, 0.6) is 0 Å². The zero-order valence-corrected chi connectivity index (χ0v) is 15.5. The first-order chi connectivity index (χ1) is 13.8. The average molecular weight is 378 g/mol. The Morgan fingerprint density at radius 2 is 2.11 bits per heavy atom. The molecule has 144 valence electrons. The predicted molar refractivity (Wildman–Crippen MR) is 106 cm³/mol. The van der Waals surface area contributed by atoms with Crippen LogP contribution in [0.4, 0.5) is 11.6 Å². The predicted octanol–water partition coefficient (Wildman–Crippen LogP) is 2.60. The van der Waals surface area contributed by atoms with Crippen molar-refractivity contribution in [3.63, 3.8) is 0 Å². The molecule has 1 saturated heterocycles. The third-order valence-electron chi connectivity index (χ3n) is 5.55. The summed E-state index contributed by atoms with van der Waals surface area (Å²) >= 11 is 0. The van der Waals surface area contributed by atoms with E-state index in [9.17, 15) is 4.79 Å². The van der Waals surface area contributed by atoms with Crippen molar-refractivity contribution >= 4 is 28.6 Å². The number of imidazole rings is 1. The first-order valence-corrected chi connectivity index (χ1v) is 9.71. The summed E-state index contributed by atoms with van der Waals surface area (Å²) in [4.78, 5) is 31.3. The molecule has 28 heavy (non-hydrogen) atoms. The maximum Gasteiger partial charge on any atom is 0.247 e. The van der Waals surface area contributed by atoms with Gasteiger partial charge in [0.05, 0.1) is 35.8 Å². The second kappa shape index (κ2) is 7.20. The number of aromatic nitrogens is 4. The number of fused-ring (bicyclic) bond motifs is 2. The quantitative estimate of drug-likeness (QED) is 0.724. The van der Waals surface area contributed by atoms with Crippen molar-refractivity contribution < 1.29 is 9.53 Å².